The Balaban J connectivity index is 1.67. The van der Waals surface area contributed by atoms with Gasteiger partial charge < -0.3 is 15.1 Å². The van der Waals surface area contributed by atoms with Crippen molar-refractivity contribution in [1.82, 2.24) is 15.1 Å². The molecule has 2 aromatic rings. The van der Waals surface area contributed by atoms with E-state index in [1.807, 2.05) is 56.3 Å². The Labute approximate surface area is 152 Å². The van der Waals surface area contributed by atoms with Crippen molar-refractivity contribution < 1.29 is 14.4 Å². The van der Waals surface area contributed by atoms with Gasteiger partial charge in [0.1, 0.15) is 0 Å². The van der Waals surface area contributed by atoms with Gasteiger partial charge >= 0.3 is 11.8 Å². The van der Waals surface area contributed by atoms with Crippen molar-refractivity contribution in [3.63, 3.8) is 0 Å². The minimum absolute atomic E-state index is 0.0412. The van der Waals surface area contributed by atoms with Crippen LogP contribution in [0.2, 0.25) is 0 Å². The molecule has 0 saturated carbocycles. The molecule has 1 N–H and O–H groups in total. The summed E-state index contributed by atoms with van der Waals surface area (Å²) in [5.74, 6) is -1.16. The molecule has 0 unspecified atom stereocenters. The Hall–Kier alpha value is -2.89. The normalized spacial score (nSPS) is 14.6. The predicted molar refractivity (Wildman–Crippen MR) is 99.7 cm³/mol. The Bertz CT molecular complexity index is 834. The number of fused-ring (bicyclic) bond motifs is 1. The molecular weight excluding hydrogens is 330 g/mol. The van der Waals surface area contributed by atoms with Gasteiger partial charge in [0.05, 0.1) is 0 Å². The topological polar surface area (TPSA) is 69.7 Å². The molecule has 0 spiro atoms. The molecule has 0 radical (unpaired) electrons. The molecular formula is C20H23N3O3. The smallest absolute Gasteiger partial charge is 0.312 e. The zero-order valence-electron chi connectivity index (χ0n) is 15.1. The van der Waals surface area contributed by atoms with Gasteiger partial charge in [-0.2, -0.15) is 0 Å². The lowest BCUT2D eigenvalue weighted by atomic mass is 10.0. The van der Waals surface area contributed by atoms with Crippen LogP contribution in [-0.2, 0) is 9.59 Å². The number of benzene rings is 2. The van der Waals surface area contributed by atoms with Gasteiger partial charge in [-0.3, -0.25) is 14.4 Å². The third-order valence-corrected chi connectivity index (χ3v) is 4.49. The summed E-state index contributed by atoms with van der Waals surface area (Å²) >= 11 is 0. The summed E-state index contributed by atoms with van der Waals surface area (Å²) in [5, 5.41) is 4.56. The Morgan fingerprint density at radius 1 is 0.885 bits per heavy atom. The molecule has 6 nitrogen and oxygen atoms in total. The highest BCUT2D eigenvalue weighted by atomic mass is 16.2. The van der Waals surface area contributed by atoms with E-state index in [9.17, 15) is 14.4 Å². The number of amides is 3. The monoisotopic (exact) mass is 353 g/mol. The number of rotatable bonds is 2. The molecule has 1 heterocycles. The molecule has 1 aliphatic heterocycles. The zero-order chi connectivity index (χ0) is 18.7. The van der Waals surface area contributed by atoms with Crippen molar-refractivity contribution >= 4 is 28.5 Å². The summed E-state index contributed by atoms with van der Waals surface area (Å²) in [6, 6.07) is 13.4. The first kappa shape index (κ1) is 17.9. The van der Waals surface area contributed by atoms with Crippen LogP contribution in [-0.4, -0.2) is 59.7 Å². The van der Waals surface area contributed by atoms with Gasteiger partial charge in [-0.25, -0.2) is 0 Å². The summed E-state index contributed by atoms with van der Waals surface area (Å²) in [6.45, 7) is 5.19. The summed E-state index contributed by atoms with van der Waals surface area (Å²) in [5.41, 5.74) is 0.667. The Kier molecular flexibility index (Phi) is 5.21. The quantitative estimate of drug-likeness (QED) is 0.835. The van der Waals surface area contributed by atoms with Crippen LogP contribution in [0.25, 0.3) is 10.8 Å². The SMILES string of the molecule is CC(C)NC(=O)C(=O)N1CCN(C(=O)c2cccc3ccccc23)CC1. The third kappa shape index (κ3) is 3.69. The molecule has 136 valence electrons. The molecule has 0 bridgehead atoms. The summed E-state index contributed by atoms with van der Waals surface area (Å²) in [6.07, 6.45) is 0. The second-order valence-electron chi connectivity index (χ2n) is 6.74. The minimum atomic E-state index is -0.589. The lowest BCUT2D eigenvalue weighted by Gasteiger charge is -2.34. The number of hydrogen-bond donors (Lipinski definition) is 1. The highest BCUT2D eigenvalue weighted by molar-refractivity contribution is 6.35. The van der Waals surface area contributed by atoms with Gasteiger partial charge in [0.25, 0.3) is 5.91 Å². The van der Waals surface area contributed by atoms with Crippen LogP contribution in [0.4, 0.5) is 0 Å². The second kappa shape index (κ2) is 7.56. The maximum absolute atomic E-state index is 12.9. The molecule has 1 fully saturated rings. The van der Waals surface area contributed by atoms with Crippen LogP contribution in [0.3, 0.4) is 0 Å². The van der Waals surface area contributed by atoms with E-state index in [0.717, 1.165) is 10.8 Å². The fourth-order valence-electron chi connectivity index (χ4n) is 3.16. The average Bonchev–Trinajstić information content (AvgIpc) is 2.66. The van der Waals surface area contributed by atoms with E-state index in [2.05, 4.69) is 5.32 Å². The van der Waals surface area contributed by atoms with Crippen molar-refractivity contribution in [3.8, 4) is 0 Å². The van der Waals surface area contributed by atoms with Crippen molar-refractivity contribution in [1.29, 1.82) is 0 Å². The maximum atomic E-state index is 12.9. The van der Waals surface area contributed by atoms with Gasteiger partial charge in [0.15, 0.2) is 0 Å². The summed E-state index contributed by atoms with van der Waals surface area (Å²) in [4.78, 5) is 40.2. The van der Waals surface area contributed by atoms with Crippen LogP contribution in [0.5, 0.6) is 0 Å². The highest BCUT2D eigenvalue weighted by Gasteiger charge is 2.28. The zero-order valence-corrected chi connectivity index (χ0v) is 15.1. The van der Waals surface area contributed by atoms with Crippen LogP contribution >= 0.6 is 0 Å². The molecule has 26 heavy (non-hydrogen) atoms. The molecule has 1 saturated heterocycles. The van der Waals surface area contributed by atoms with E-state index in [-0.39, 0.29) is 11.9 Å². The van der Waals surface area contributed by atoms with E-state index >= 15 is 0 Å². The third-order valence-electron chi connectivity index (χ3n) is 4.49. The fraction of sp³-hybridized carbons (Fsp3) is 0.350. The van der Waals surface area contributed by atoms with Gasteiger partial charge in [0, 0.05) is 37.8 Å². The number of hydrogen-bond acceptors (Lipinski definition) is 3. The van der Waals surface area contributed by atoms with E-state index in [4.69, 9.17) is 0 Å². The number of nitrogens with zero attached hydrogens (tertiary/aromatic N) is 2. The fourth-order valence-corrected chi connectivity index (χ4v) is 3.16. The van der Waals surface area contributed by atoms with Gasteiger partial charge in [0.2, 0.25) is 0 Å². The van der Waals surface area contributed by atoms with Crippen molar-refractivity contribution in [2.45, 2.75) is 19.9 Å². The van der Waals surface area contributed by atoms with Gasteiger partial charge in [-0.1, -0.05) is 36.4 Å². The standard InChI is InChI=1S/C20H23N3O3/c1-14(2)21-18(24)20(26)23-12-10-22(11-13-23)19(25)17-9-5-7-15-6-3-4-8-16(15)17/h3-9,14H,10-13H2,1-2H3,(H,21,24). The van der Waals surface area contributed by atoms with E-state index in [0.29, 0.717) is 31.7 Å². The first-order valence-corrected chi connectivity index (χ1v) is 8.84. The molecule has 0 atom stereocenters. The largest absolute Gasteiger partial charge is 0.346 e. The first-order chi connectivity index (χ1) is 12.5. The second-order valence-corrected chi connectivity index (χ2v) is 6.74. The van der Waals surface area contributed by atoms with Crippen LogP contribution in [0, 0.1) is 0 Å². The molecule has 6 heteroatoms. The number of piperazine rings is 1. The van der Waals surface area contributed by atoms with Crippen molar-refractivity contribution in [2.24, 2.45) is 0 Å². The Morgan fingerprint density at radius 2 is 1.50 bits per heavy atom. The van der Waals surface area contributed by atoms with E-state index in [1.165, 1.54) is 4.90 Å². The molecule has 2 aromatic carbocycles. The number of carbonyl (C=O) groups is 3. The van der Waals surface area contributed by atoms with Crippen LogP contribution in [0.15, 0.2) is 42.5 Å². The highest BCUT2D eigenvalue weighted by Crippen LogP contribution is 2.20. The molecule has 0 aromatic heterocycles. The van der Waals surface area contributed by atoms with Crippen molar-refractivity contribution in [2.75, 3.05) is 26.2 Å². The molecule has 0 aliphatic carbocycles. The maximum Gasteiger partial charge on any atom is 0.312 e. The molecule has 3 rings (SSSR count). The summed E-state index contributed by atoms with van der Waals surface area (Å²) in [7, 11) is 0. The first-order valence-electron chi connectivity index (χ1n) is 8.84. The van der Waals surface area contributed by atoms with Gasteiger partial charge in [-0.15, -0.1) is 0 Å². The van der Waals surface area contributed by atoms with Crippen LogP contribution in [0.1, 0.15) is 24.2 Å². The minimum Gasteiger partial charge on any atom is -0.346 e. The molecule has 1 aliphatic rings. The van der Waals surface area contributed by atoms with E-state index < -0.39 is 11.8 Å². The van der Waals surface area contributed by atoms with Crippen LogP contribution < -0.4 is 5.32 Å². The Morgan fingerprint density at radius 3 is 2.19 bits per heavy atom. The predicted octanol–water partition coefficient (Wildman–Crippen LogP) is 1.65. The number of carbonyl (C=O) groups excluding carboxylic acids is 3. The van der Waals surface area contributed by atoms with E-state index in [1.54, 1.807) is 4.90 Å². The summed E-state index contributed by atoms with van der Waals surface area (Å²) < 4.78 is 0. The average molecular weight is 353 g/mol. The lowest BCUT2D eigenvalue weighted by molar-refractivity contribution is -0.147. The molecule has 3 amide bonds. The number of nitrogens with one attached hydrogen (secondary N) is 1. The van der Waals surface area contributed by atoms with Crippen molar-refractivity contribution in [3.05, 3.63) is 48.0 Å². The van der Waals surface area contributed by atoms with Gasteiger partial charge in [-0.05, 0) is 30.7 Å². The lowest BCUT2D eigenvalue weighted by Crippen LogP contribution is -2.54.